The number of carbonyl (C=O) groups is 1. The van der Waals surface area contributed by atoms with Crippen LogP contribution in [0.25, 0.3) is 0 Å². The summed E-state index contributed by atoms with van der Waals surface area (Å²) in [4.78, 5) is 10.6. The van der Waals surface area contributed by atoms with Gasteiger partial charge in [0, 0.05) is 13.5 Å². The lowest BCUT2D eigenvalue weighted by Crippen LogP contribution is -2.20. The Morgan fingerprint density at radius 3 is 2.50 bits per heavy atom. The number of carbonyl (C=O) groups excluding carboxylic acids is 1. The summed E-state index contributed by atoms with van der Waals surface area (Å²) in [5.41, 5.74) is 1.23. The quantitative estimate of drug-likeness (QED) is 0.668. The second kappa shape index (κ2) is 8.30. The number of hydrogen-bond acceptors (Lipinski definition) is 1. The third-order valence-electron chi connectivity index (χ3n) is 1.77. The number of amides is 1. The van der Waals surface area contributed by atoms with E-state index in [1.54, 1.807) is 0 Å². The Bertz CT molecular complexity index is 249. The molecule has 2 nitrogen and oxygen atoms in total. The summed E-state index contributed by atoms with van der Waals surface area (Å²) in [6.07, 6.45) is 11.0. The lowest BCUT2D eigenvalue weighted by Gasteiger charge is -2.02. The molecule has 0 aliphatic heterocycles. The topological polar surface area (TPSA) is 29.1 Å². The first-order valence-corrected chi connectivity index (χ1v) is 4.89. The molecule has 14 heavy (non-hydrogen) atoms. The highest BCUT2D eigenvalue weighted by atomic mass is 16.1. The number of allylic oxidation sites excluding steroid dienone is 5. The normalized spacial score (nSPS) is 12.6. The molecule has 0 aliphatic rings. The van der Waals surface area contributed by atoms with Crippen molar-refractivity contribution in [1.82, 2.24) is 5.32 Å². The Kier molecular flexibility index (Phi) is 7.52. The summed E-state index contributed by atoms with van der Waals surface area (Å²) in [5, 5.41) is 2.77. The van der Waals surface area contributed by atoms with E-state index in [4.69, 9.17) is 0 Å². The number of hydrogen-bond donors (Lipinski definition) is 1. The summed E-state index contributed by atoms with van der Waals surface area (Å²) in [6.45, 7) is 6.22. The monoisotopic (exact) mass is 193 g/mol. The molecule has 0 atom stereocenters. The van der Waals surface area contributed by atoms with Gasteiger partial charge >= 0.3 is 0 Å². The SMILES string of the molecule is C\C=C/C=C\C(=C/C)CCNC(C)=O. The minimum Gasteiger partial charge on any atom is -0.356 e. The third kappa shape index (κ3) is 7.35. The zero-order valence-electron chi connectivity index (χ0n) is 9.21. The second-order valence-corrected chi connectivity index (χ2v) is 2.98. The van der Waals surface area contributed by atoms with Crippen molar-refractivity contribution in [3.8, 4) is 0 Å². The average molecular weight is 193 g/mol. The van der Waals surface area contributed by atoms with E-state index < -0.39 is 0 Å². The van der Waals surface area contributed by atoms with Crippen molar-refractivity contribution in [2.45, 2.75) is 27.2 Å². The van der Waals surface area contributed by atoms with Gasteiger partial charge in [-0.15, -0.1) is 0 Å². The van der Waals surface area contributed by atoms with E-state index in [-0.39, 0.29) is 5.91 Å². The lowest BCUT2D eigenvalue weighted by molar-refractivity contribution is -0.118. The summed E-state index contributed by atoms with van der Waals surface area (Å²) in [7, 11) is 0. The second-order valence-electron chi connectivity index (χ2n) is 2.98. The van der Waals surface area contributed by atoms with Crippen LogP contribution in [0.1, 0.15) is 27.2 Å². The Morgan fingerprint density at radius 1 is 1.29 bits per heavy atom. The van der Waals surface area contributed by atoms with Gasteiger partial charge in [0.1, 0.15) is 0 Å². The Balaban J connectivity index is 3.87. The van der Waals surface area contributed by atoms with Crippen molar-refractivity contribution >= 4 is 5.91 Å². The van der Waals surface area contributed by atoms with E-state index in [1.165, 1.54) is 12.5 Å². The van der Waals surface area contributed by atoms with E-state index in [0.29, 0.717) is 6.54 Å². The molecule has 0 radical (unpaired) electrons. The first-order chi connectivity index (χ1) is 6.70. The first kappa shape index (κ1) is 12.7. The summed E-state index contributed by atoms with van der Waals surface area (Å²) in [6, 6.07) is 0. The van der Waals surface area contributed by atoms with E-state index in [2.05, 4.69) is 17.5 Å². The van der Waals surface area contributed by atoms with Gasteiger partial charge in [-0.2, -0.15) is 0 Å². The summed E-state index contributed by atoms with van der Waals surface area (Å²) >= 11 is 0. The van der Waals surface area contributed by atoms with Gasteiger partial charge in [0.05, 0.1) is 0 Å². The zero-order valence-corrected chi connectivity index (χ0v) is 9.21. The molecule has 0 aromatic heterocycles. The van der Waals surface area contributed by atoms with E-state index in [9.17, 15) is 4.79 Å². The van der Waals surface area contributed by atoms with Gasteiger partial charge in [0.25, 0.3) is 0 Å². The maximum Gasteiger partial charge on any atom is 0.216 e. The highest BCUT2D eigenvalue weighted by Gasteiger charge is 1.92. The van der Waals surface area contributed by atoms with Gasteiger partial charge in [-0.3, -0.25) is 4.79 Å². The van der Waals surface area contributed by atoms with Crippen molar-refractivity contribution in [2.24, 2.45) is 0 Å². The molecule has 1 N–H and O–H groups in total. The standard InChI is InChI=1S/C12H19NO/c1-4-6-7-8-12(5-2)9-10-13-11(3)14/h4-8H,9-10H2,1-3H3,(H,13,14)/b6-4-,8-7-,12-5+. The molecule has 78 valence electrons. The maximum atomic E-state index is 10.6. The van der Waals surface area contributed by atoms with Gasteiger partial charge in [-0.25, -0.2) is 0 Å². The molecule has 0 saturated carbocycles. The first-order valence-electron chi connectivity index (χ1n) is 4.89. The smallest absolute Gasteiger partial charge is 0.216 e. The molecule has 0 aromatic carbocycles. The molecule has 0 aromatic rings. The largest absolute Gasteiger partial charge is 0.356 e. The van der Waals surface area contributed by atoms with Gasteiger partial charge in [0.2, 0.25) is 5.91 Å². The zero-order chi connectivity index (χ0) is 10.8. The van der Waals surface area contributed by atoms with Crippen molar-refractivity contribution < 1.29 is 4.79 Å². The predicted molar refractivity (Wildman–Crippen MR) is 61.0 cm³/mol. The van der Waals surface area contributed by atoms with Crippen LogP contribution < -0.4 is 5.32 Å². The van der Waals surface area contributed by atoms with Crippen LogP contribution in [0.3, 0.4) is 0 Å². The van der Waals surface area contributed by atoms with Crippen molar-refractivity contribution in [3.05, 3.63) is 36.0 Å². The molecule has 0 saturated heterocycles. The Hall–Kier alpha value is -1.31. The minimum absolute atomic E-state index is 0.0258. The number of rotatable bonds is 5. The molecule has 0 rings (SSSR count). The lowest BCUT2D eigenvalue weighted by atomic mass is 10.1. The average Bonchev–Trinajstić information content (AvgIpc) is 2.15. The maximum absolute atomic E-state index is 10.6. The van der Waals surface area contributed by atoms with Crippen LogP contribution in [0.2, 0.25) is 0 Å². The Labute approximate surface area is 86.4 Å². The molecule has 2 heteroatoms. The molecule has 0 heterocycles. The molecule has 0 fully saturated rings. The molecule has 1 amide bonds. The van der Waals surface area contributed by atoms with E-state index >= 15 is 0 Å². The van der Waals surface area contributed by atoms with Crippen LogP contribution in [0, 0.1) is 0 Å². The van der Waals surface area contributed by atoms with Crippen LogP contribution in [0.5, 0.6) is 0 Å². The molecule has 0 spiro atoms. The Morgan fingerprint density at radius 2 is 2.00 bits per heavy atom. The van der Waals surface area contributed by atoms with E-state index in [0.717, 1.165) is 6.42 Å². The third-order valence-corrected chi connectivity index (χ3v) is 1.77. The molecule has 0 unspecified atom stereocenters. The van der Waals surface area contributed by atoms with Crippen LogP contribution >= 0.6 is 0 Å². The van der Waals surface area contributed by atoms with Gasteiger partial charge < -0.3 is 5.32 Å². The van der Waals surface area contributed by atoms with Crippen molar-refractivity contribution in [3.63, 3.8) is 0 Å². The minimum atomic E-state index is 0.0258. The van der Waals surface area contributed by atoms with E-state index in [1.807, 2.05) is 32.1 Å². The van der Waals surface area contributed by atoms with Crippen LogP contribution in [0.15, 0.2) is 36.0 Å². The molecular formula is C12H19NO. The van der Waals surface area contributed by atoms with Gasteiger partial charge in [-0.1, -0.05) is 36.0 Å². The predicted octanol–water partition coefficient (Wildman–Crippen LogP) is 2.59. The van der Waals surface area contributed by atoms with Crippen LogP contribution in [-0.4, -0.2) is 12.5 Å². The molecular weight excluding hydrogens is 174 g/mol. The van der Waals surface area contributed by atoms with Crippen molar-refractivity contribution in [1.29, 1.82) is 0 Å². The fraction of sp³-hybridized carbons (Fsp3) is 0.417. The fourth-order valence-electron chi connectivity index (χ4n) is 0.997. The van der Waals surface area contributed by atoms with Crippen LogP contribution in [0.4, 0.5) is 0 Å². The molecule has 0 bridgehead atoms. The highest BCUT2D eigenvalue weighted by Crippen LogP contribution is 2.02. The summed E-state index contributed by atoms with van der Waals surface area (Å²) in [5.74, 6) is 0.0258. The van der Waals surface area contributed by atoms with Gasteiger partial charge in [-0.05, 0) is 20.3 Å². The number of nitrogens with one attached hydrogen (secondary N) is 1. The van der Waals surface area contributed by atoms with Crippen molar-refractivity contribution in [2.75, 3.05) is 6.54 Å². The van der Waals surface area contributed by atoms with Gasteiger partial charge in [0.15, 0.2) is 0 Å². The fourth-order valence-corrected chi connectivity index (χ4v) is 0.997. The van der Waals surface area contributed by atoms with Crippen LogP contribution in [-0.2, 0) is 4.79 Å². The highest BCUT2D eigenvalue weighted by molar-refractivity contribution is 5.72. The molecule has 0 aliphatic carbocycles. The summed E-state index contributed by atoms with van der Waals surface area (Å²) < 4.78 is 0.